The van der Waals surface area contributed by atoms with E-state index < -0.39 is 17.9 Å². The number of hydrogen-bond donors (Lipinski definition) is 2. The van der Waals surface area contributed by atoms with E-state index in [1.807, 2.05) is 0 Å². The van der Waals surface area contributed by atoms with Gasteiger partial charge in [0, 0.05) is 19.3 Å². The molecule has 1 saturated heterocycles. The molecule has 0 aromatic heterocycles. The lowest BCUT2D eigenvalue weighted by Crippen LogP contribution is -2.52. The van der Waals surface area contributed by atoms with E-state index in [2.05, 4.69) is 0 Å². The van der Waals surface area contributed by atoms with Gasteiger partial charge in [0.15, 0.2) is 0 Å². The molecule has 1 fully saturated rings. The Balaban J connectivity index is 2.60. The third-order valence-corrected chi connectivity index (χ3v) is 3.11. The van der Waals surface area contributed by atoms with E-state index >= 15 is 0 Å². The average molecular weight is 269 g/mol. The number of imide groups is 1. The van der Waals surface area contributed by atoms with Crippen LogP contribution in [0.4, 0.5) is 0 Å². The van der Waals surface area contributed by atoms with Gasteiger partial charge in [0.1, 0.15) is 6.04 Å². The minimum atomic E-state index is -0.909. The molecular weight excluding hydrogens is 250 g/mol. The average Bonchev–Trinajstić information content (AvgIpc) is 2.30. The molecule has 0 saturated carbocycles. The summed E-state index contributed by atoms with van der Waals surface area (Å²) in [6, 6.07) is -0.909. The van der Waals surface area contributed by atoms with Crippen molar-refractivity contribution in [2.45, 2.75) is 51.0 Å². The lowest BCUT2D eigenvalue weighted by Gasteiger charge is -2.30. The first kappa shape index (κ1) is 15.1. The highest BCUT2D eigenvalue weighted by Gasteiger charge is 2.35. The van der Waals surface area contributed by atoms with Crippen molar-refractivity contribution in [3.05, 3.63) is 0 Å². The van der Waals surface area contributed by atoms with Gasteiger partial charge in [-0.05, 0) is 19.3 Å². The second-order valence-electron chi connectivity index (χ2n) is 4.64. The normalized spacial score (nSPS) is 17.4. The van der Waals surface area contributed by atoms with Crippen molar-refractivity contribution >= 4 is 23.6 Å². The highest BCUT2D eigenvalue weighted by atomic mass is 16.2. The molecule has 19 heavy (non-hydrogen) atoms. The summed E-state index contributed by atoms with van der Waals surface area (Å²) in [4.78, 5) is 46.4. The van der Waals surface area contributed by atoms with E-state index in [0.29, 0.717) is 19.3 Å². The van der Waals surface area contributed by atoms with Gasteiger partial charge in [-0.1, -0.05) is 6.42 Å². The molecule has 1 heterocycles. The number of amides is 4. The number of hydrogen-bond acceptors (Lipinski definition) is 4. The molecule has 106 valence electrons. The molecule has 1 atom stereocenters. The van der Waals surface area contributed by atoms with Crippen molar-refractivity contribution in [2.75, 3.05) is 0 Å². The lowest BCUT2D eigenvalue weighted by molar-refractivity contribution is -0.154. The number of unbranched alkanes of at least 4 members (excludes halogenated alkanes) is 1. The van der Waals surface area contributed by atoms with Gasteiger partial charge in [-0.15, -0.1) is 0 Å². The minimum Gasteiger partial charge on any atom is -0.370 e. The van der Waals surface area contributed by atoms with Gasteiger partial charge in [-0.3, -0.25) is 24.1 Å². The molecule has 0 radical (unpaired) electrons. The first-order chi connectivity index (χ1) is 8.93. The van der Waals surface area contributed by atoms with E-state index in [0.717, 1.165) is 4.90 Å². The van der Waals surface area contributed by atoms with Crippen molar-refractivity contribution < 1.29 is 19.2 Å². The molecule has 1 aliphatic heterocycles. The van der Waals surface area contributed by atoms with Crippen LogP contribution in [0, 0.1) is 0 Å². The maximum absolute atomic E-state index is 11.7. The summed E-state index contributed by atoms with van der Waals surface area (Å²) in [5.41, 5.74) is 10.3. The fourth-order valence-electron chi connectivity index (χ4n) is 2.15. The number of rotatable bonds is 7. The number of carbonyl (C=O) groups excluding carboxylic acids is 4. The standard InChI is InChI=1S/C12H19N3O4/c13-9(16)5-2-1-4-8(12(14)19)15-10(17)6-3-7-11(15)18/h8H,1-7H2,(H2,13,16)(H2,14,19). The van der Waals surface area contributed by atoms with Gasteiger partial charge < -0.3 is 11.5 Å². The van der Waals surface area contributed by atoms with Crippen LogP contribution >= 0.6 is 0 Å². The summed E-state index contributed by atoms with van der Waals surface area (Å²) in [6.45, 7) is 0. The maximum atomic E-state index is 11.7. The van der Waals surface area contributed by atoms with Gasteiger partial charge >= 0.3 is 0 Å². The smallest absolute Gasteiger partial charge is 0.240 e. The molecule has 1 unspecified atom stereocenters. The maximum Gasteiger partial charge on any atom is 0.240 e. The molecule has 0 aliphatic carbocycles. The van der Waals surface area contributed by atoms with Crippen molar-refractivity contribution in [2.24, 2.45) is 11.5 Å². The van der Waals surface area contributed by atoms with Crippen molar-refractivity contribution in [1.29, 1.82) is 0 Å². The first-order valence-electron chi connectivity index (χ1n) is 6.36. The van der Waals surface area contributed by atoms with Crippen LogP contribution in [0.25, 0.3) is 0 Å². The van der Waals surface area contributed by atoms with Gasteiger partial charge in [-0.2, -0.15) is 0 Å². The van der Waals surface area contributed by atoms with E-state index in [4.69, 9.17) is 11.5 Å². The Hall–Kier alpha value is -1.92. The van der Waals surface area contributed by atoms with Crippen LogP contribution in [-0.4, -0.2) is 34.6 Å². The highest BCUT2D eigenvalue weighted by molar-refractivity contribution is 6.01. The van der Waals surface area contributed by atoms with E-state index in [1.54, 1.807) is 0 Å². The zero-order valence-electron chi connectivity index (χ0n) is 10.8. The van der Waals surface area contributed by atoms with Gasteiger partial charge in [0.05, 0.1) is 0 Å². The second-order valence-corrected chi connectivity index (χ2v) is 4.64. The predicted octanol–water partition coefficient (Wildman–Crippen LogP) is -0.575. The van der Waals surface area contributed by atoms with Crippen molar-refractivity contribution in [1.82, 2.24) is 4.90 Å². The molecule has 1 rings (SSSR count). The molecule has 7 nitrogen and oxygen atoms in total. The van der Waals surface area contributed by atoms with Crippen LogP contribution < -0.4 is 11.5 Å². The zero-order chi connectivity index (χ0) is 14.4. The van der Waals surface area contributed by atoms with Crippen LogP contribution in [-0.2, 0) is 19.2 Å². The summed E-state index contributed by atoms with van der Waals surface area (Å²) in [5, 5.41) is 0. The molecule has 1 aliphatic rings. The predicted molar refractivity (Wildman–Crippen MR) is 66.3 cm³/mol. The van der Waals surface area contributed by atoms with Crippen LogP contribution in [0.1, 0.15) is 44.9 Å². The molecule has 7 heteroatoms. The number of nitrogens with zero attached hydrogens (tertiary/aromatic N) is 1. The summed E-state index contributed by atoms with van der Waals surface area (Å²) in [6.07, 6.45) is 2.55. The summed E-state index contributed by atoms with van der Waals surface area (Å²) < 4.78 is 0. The summed E-state index contributed by atoms with van der Waals surface area (Å²) in [5.74, 6) is -1.81. The van der Waals surface area contributed by atoms with Crippen LogP contribution in [0.3, 0.4) is 0 Å². The van der Waals surface area contributed by atoms with Crippen LogP contribution in [0.2, 0.25) is 0 Å². The SMILES string of the molecule is NC(=O)CCCCC(C(N)=O)N1C(=O)CCCC1=O. The van der Waals surface area contributed by atoms with Crippen LogP contribution in [0.15, 0.2) is 0 Å². The molecule has 4 amide bonds. The fraction of sp³-hybridized carbons (Fsp3) is 0.667. The Bertz CT molecular complexity index is 378. The molecule has 0 aromatic rings. The highest BCUT2D eigenvalue weighted by Crippen LogP contribution is 2.19. The Kier molecular flexibility index (Phi) is 5.47. The number of likely N-dealkylation sites (tertiary alicyclic amines) is 1. The fourth-order valence-corrected chi connectivity index (χ4v) is 2.15. The topological polar surface area (TPSA) is 124 Å². The molecule has 4 N–H and O–H groups in total. The zero-order valence-corrected chi connectivity index (χ0v) is 10.8. The molecule has 0 aromatic carbocycles. The Morgan fingerprint density at radius 3 is 2.16 bits per heavy atom. The minimum absolute atomic E-state index is 0.216. The largest absolute Gasteiger partial charge is 0.370 e. The molecule has 0 bridgehead atoms. The molecule has 0 spiro atoms. The number of carbonyl (C=O) groups is 4. The Labute approximate surface area is 111 Å². The van der Waals surface area contributed by atoms with Crippen molar-refractivity contribution in [3.63, 3.8) is 0 Å². The first-order valence-corrected chi connectivity index (χ1v) is 6.36. The third-order valence-electron chi connectivity index (χ3n) is 3.11. The molecular formula is C12H19N3O4. The number of piperidine rings is 1. The second kappa shape index (κ2) is 6.86. The van der Waals surface area contributed by atoms with E-state index in [9.17, 15) is 19.2 Å². The van der Waals surface area contributed by atoms with Crippen molar-refractivity contribution in [3.8, 4) is 0 Å². The Morgan fingerprint density at radius 2 is 1.68 bits per heavy atom. The monoisotopic (exact) mass is 269 g/mol. The summed E-state index contributed by atoms with van der Waals surface area (Å²) >= 11 is 0. The third kappa shape index (κ3) is 4.35. The van der Waals surface area contributed by atoms with Gasteiger partial charge in [-0.25, -0.2) is 0 Å². The van der Waals surface area contributed by atoms with Gasteiger partial charge in [0.25, 0.3) is 0 Å². The summed E-state index contributed by atoms with van der Waals surface area (Å²) in [7, 11) is 0. The van der Waals surface area contributed by atoms with E-state index in [-0.39, 0.29) is 37.5 Å². The van der Waals surface area contributed by atoms with Crippen LogP contribution in [0.5, 0.6) is 0 Å². The lowest BCUT2D eigenvalue weighted by atomic mass is 10.0. The Morgan fingerprint density at radius 1 is 1.11 bits per heavy atom. The number of nitrogens with two attached hydrogens (primary N) is 2. The number of primary amides is 2. The van der Waals surface area contributed by atoms with Gasteiger partial charge in [0.2, 0.25) is 23.6 Å². The quantitative estimate of drug-likeness (QED) is 0.474. The van der Waals surface area contributed by atoms with E-state index in [1.165, 1.54) is 0 Å².